The summed E-state index contributed by atoms with van der Waals surface area (Å²) < 4.78 is 10.9. The van der Waals surface area contributed by atoms with Crippen molar-refractivity contribution in [3.8, 4) is 11.1 Å². The van der Waals surface area contributed by atoms with Crippen molar-refractivity contribution in [2.24, 2.45) is 0 Å². The Kier molecular flexibility index (Phi) is 6.91. The van der Waals surface area contributed by atoms with Crippen molar-refractivity contribution in [3.63, 3.8) is 0 Å². The second kappa shape index (κ2) is 10.2. The molecule has 9 nitrogen and oxygen atoms in total. The predicted molar refractivity (Wildman–Crippen MR) is 122 cm³/mol. The van der Waals surface area contributed by atoms with E-state index in [-0.39, 0.29) is 19.1 Å². The third kappa shape index (κ3) is 5.09. The average molecular weight is 463 g/mol. The largest absolute Gasteiger partial charge is 0.481 e. The molecule has 1 heterocycles. The van der Waals surface area contributed by atoms with Gasteiger partial charge in [0.1, 0.15) is 18.4 Å². The predicted octanol–water partition coefficient (Wildman–Crippen LogP) is 3.24. The highest BCUT2D eigenvalue weighted by atomic mass is 16.5. The summed E-state index contributed by atoms with van der Waals surface area (Å²) in [5.74, 6) is -1.10. The summed E-state index contributed by atoms with van der Waals surface area (Å²) in [6, 6.07) is 14.5. The SMILES string of the molecule is CCc1cnc(CNC(=O)C(CC(=O)O)NC(=O)OCC2c3ccccc3-c3ccccc32)o1. The lowest BCUT2D eigenvalue weighted by molar-refractivity contribution is -0.139. The Morgan fingerprint density at radius 3 is 2.32 bits per heavy atom. The fourth-order valence-electron chi connectivity index (χ4n) is 4.05. The first-order valence-corrected chi connectivity index (χ1v) is 11.0. The minimum absolute atomic E-state index is 0.0265. The fourth-order valence-corrected chi connectivity index (χ4v) is 4.05. The lowest BCUT2D eigenvalue weighted by atomic mass is 9.98. The molecule has 1 aromatic heterocycles. The summed E-state index contributed by atoms with van der Waals surface area (Å²) in [5, 5.41) is 14.1. The molecule has 1 unspecified atom stereocenters. The number of rotatable bonds is 9. The van der Waals surface area contributed by atoms with Gasteiger partial charge in [0.05, 0.1) is 19.2 Å². The van der Waals surface area contributed by atoms with Crippen LogP contribution in [0.4, 0.5) is 4.79 Å². The lowest BCUT2D eigenvalue weighted by Gasteiger charge is -2.18. The fraction of sp³-hybridized carbons (Fsp3) is 0.280. The van der Waals surface area contributed by atoms with E-state index in [4.69, 9.17) is 9.15 Å². The first kappa shape index (κ1) is 23.0. The van der Waals surface area contributed by atoms with Crippen LogP contribution in [-0.2, 0) is 27.3 Å². The molecule has 0 bridgehead atoms. The third-order valence-electron chi connectivity index (χ3n) is 5.69. The summed E-state index contributed by atoms with van der Waals surface area (Å²) in [7, 11) is 0. The zero-order valence-electron chi connectivity index (χ0n) is 18.6. The smallest absolute Gasteiger partial charge is 0.407 e. The molecule has 176 valence electrons. The maximum atomic E-state index is 12.5. The van der Waals surface area contributed by atoms with Crippen molar-refractivity contribution in [1.29, 1.82) is 0 Å². The molecule has 2 aromatic carbocycles. The molecule has 0 aliphatic heterocycles. The minimum Gasteiger partial charge on any atom is -0.481 e. The summed E-state index contributed by atoms with van der Waals surface area (Å²) in [6.07, 6.45) is 0.756. The van der Waals surface area contributed by atoms with Crippen LogP contribution in [0.2, 0.25) is 0 Å². The standard InChI is InChI=1S/C25H25N3O6/c1-2-15-12-26-22(34-15)13-27-24(31)21(11-23(29)30)28-25(32)33-14-20-18-9-5-3-7-16(18)17-8-4-6-10-19(17)20/h3-10,12,20-21H,2,11,13-14H2,1H3,(H,27,31)(H,28,32)(H,29,30). The van der Waals surface area contributed by atoms with Gasteiger partial charge >= 0.3 is 12.1 Å². The van der Waals surface area contributed by atoms with E-state index in [1.807, 2.05) is 55.5 Å². The second-order valence-corrected chi connectivity index (χ2v) is 7.91. The number of aliphatic carboxylic acids is 1. The van der Waals surface area contributed by atoms with Crippen LogP contribution < -0.4 is 10.6 Å². The van der Waals surface area contributed by atoms with Crippen molar-refractivity contribution < 1.29 is 28.6 Å². The van der Waals surface area contributed by atoms with E-state index in [2.05, 4.69) is 15.6 Å². The van der Waals surface area contributed by atoms with E-state index in [1.165, 1.54) is 0 Å². The molecule has 0 radical (unpaired) electrons. The first-order valence-electron chi connectivity index (χ1n) is 11.0. The van der Waals surface area contributed by atoms with Gasteiger partial charge in [-0.25, -0.2) is 9.78 Å². The number of benzene rings is 2. The number of oxazole rings is 1. The van der Waals surface area contributed by atoms with Gasteiger partial charge in [-0.3, -0.25) is 9.59 Å². The van der Waals surface area contributed by atoms with Gasteiger partial charge in [0.15, 0.2) is 0 Å². The van der Waals surface area contributed by atoms with Crippen molar-refractivity contribution in [2.45, 2.75) is 38.3 Å². The number of carboxylic acids is 1. The van der Waals surface area contributed by atoms with Crippen LogP contribution in [0.15, 0.2) is 59.1 Å². The van der Waals surface area contributed by atoms with Crippen LogP contribution in [0.5, 0.6) is 0 Å². The number of fused-ring (bicyclic) bond motifs is 3. The number of ether oxygens (including phenoxy) is 1. The van der Waals surface area contributed by atoms with Gasteiger partial charge in [0.2, 0.25) is 11.8 Å². The number of nitrogens with one attached hydrogen (secondary N) is 2. The van der Waals surface area contributed by atoms with E-state index in [9.17, 15) is 19.5 Å². The number of carboxylic acid groups (broad SMARTS) is 1. The maximum absolute atomic E-state index is 12.5. The van der Waals surface area contributed by atoms with Gasteiger partial charge in [-0.05, 0) is 22.3 Å². The zero-order chi connectivity index (χ0) is 24.1. The van der Waals surface area contributed by atoms with Crippen LogP contribution in [0, 0.1) is 0 Å². The van der Waals surface area contributed by atoms with Gasteiger partial charge in [-0.15, -0.1) is 0 Å². The van der Waals surface area contributed by atoms with E-state index in [0.29, 0.717) is 18.1 Å². The van der Waals surface area contributed by atoms with Gasteiger partial charge in [-0.1, -0.05) is 55.5 Å². The number of hydrogen-bond acceptors (Lipinski definition) is 6. The van der Waals surface area contributed by atoms with Gasteiger partial charge in [-0.2, -0.15) is 0 Å². The molecule has 0 fully saturated rings. The quantitative estimate of drug-likeness (QED) is 0.444. The third-order valence-corrected chi connectivity index (χ3v) is 5.69. The summed E-state index contributed by atoms with van der Waals surface area (Å²) in [6.45, 7) is 1.93. The average Bonchev–Trinajstić information content (AvgIpc) is 3.43. The molecular formula is C25H25N3O6. The molecule has 2 amide bonds. The molecule has 34 heavy (non-hydrogen) atoms. The summed E-state index contributed by atoms with van der Waals surface area (Å²) in [5.41, 5.74) is 4.28. The molecule has 0 saturated heterocycles. The van der Waals surface area contributed by atoms with Crippen LogP contribution in [0.3, 0.4) is 0 Å². The van der Waals surface area contributed by atoms with Crippen LogP contribution >= 0.6 is 0 Å². The van der Waals surface area contributed by atoms with Gasteiger partial charge < -0.3 is 24.9 Å². The molecule has 4 rings (SSSR count). The van der Waals surface area contributed by atoms with Crippen LogP contribution in [0.25, 0.3) is 11.1 Å². The van der Waals surface area contributed by atoms with Gasteiger partial charge in [0, 0.05) is 12.3 Å². The van der Waals surface area contributed by atoms with E-state index >= 15 is 0 Å². The molecule has 1 aliphatic rings. The number of aromatic nitrogens is 1. The summed E-state index contributed by atoms with van der Waals surface area (Å²) >= 11 is 0. The van der Waals surface area contributed by atoms with Crippen LogP contribution in [-0.4, -0.2) is 40.7 Å². The molecule has 1 atom stereocenters. The Morgan fingerprint density at radius 1 is 1.09 bits per heavy atom. The number of carbonyl (C=O) groups excluding carboxylic acids is 2. The topological polar surface area (TPSA) is 131 Å². The molecule has 1 aliphatic carbocycles. The van der Waals surface area contributed by atoms with E-state index < -0.39 is 30.4 Å². The molecular weight excluding hydrogens is 438 g/mol. The Morgan fingerprint density at radius 2 is 1.74 bits per heavy atom. The number of aryl methyl sites for hydroxylation is 1. The molecule has 3 N–H and O–H groups in total. The van der Waals surface area contributed by atoms with Crippen molar-refractivity contribution in [2.75, 3.05) is 6.61 Å². The van der Waals surface area contributed by atoms with Crippen LogP contribution in [0.1, 0.15) is 42.0 Å². The van der Waals surface area contributed by atoms with Crippen molar-refractivity contribution >= 4 is 18.0 Å². The number of alkyl carbamates (subject to hydrolysis) is 1. The highest BCUT2D eigenvalue weighted by Gasteiger charge is 2.30. The molecule has 0 spiro atoms. The highest BCUT2D eigenvalue weighted by molar-refractivity contribution is 5.89. The number of hydrogen-bond donors (Lipinski definition) is 3. The maximum Gasteiger partial charge on any atom is 0.407 e. The Hall–Kier alpha value is -4.14. The van der Waals surface area contributed by atoms with E-state index in [0.717, 1.165) is 22.3 Å². The Labute approximate surface area is 196 Å². The zero-order valence-corrected chi connectivity index (χ0v) is 18.6. The van der Waals surface area contributed by atoms with Gasteiger partial charge in [0.25, 0.3) is 0 Å². The van der Waals surface area contributed by atoms with Crippen molar-refractivity contribution in [1.82, 2.24) is 15.6 Å². The highest BCUT2D eigenvalue weighted by Crippen LogP contribution is 2.44. The number of carbonyl (C=O) groups is 3. The minimum atomic E-state index is -1.31. The monoisotopic (exact) mass is 463 g/mol. The second-order valence-electron chi connectivity index (χ2n) is 7.91. The summed E-state index contributed by atoms with van der Waals surface area (Å²) in [4.78, 5) is 40.3. The van der Waals surface area contributed by atoms with Crippen molar-refractivity contribution in [3.05, 3.63) is 77.5 Å². The molecule has 9 heteroatoms. The van der Waals surface area contributed by atoms with E-state index in [1.54, 1.807) is 6.20 Å². The number of amides is 2. The Bertz CT molecular complexity index is 1160. The number of nitrogens with zero attached hydrogens (tertiary/aromatic N) is 1. The molecule has 3 aromatic rings. The molecule has 0 saturated carbocycles. The first-order chi connectivity index (χ1) is 16.5. The normalized spacial score (nSPS) is 13.0. The lowest BCUT2D eigenvalue weighted by Crippen LogP contribution is -2.48. The Balaban J connectivity index is 1.37.